The van der Waals surface area contributed by atoms with E-state index in [0.29, 0.717) is 25.3 Å². The third kappa shape index (κ3) is 3.80. The van der Waals surface area contributed by atoms with Gasteiger partial charge in [0.2, 0.25) is 0 Å². The number of ether oxygens (including phenoxy) is 1. The minimum atomic E-state index is -4.87. The molecule has 4 nitrogen and oxygen atoms in total. The molecule has 1 aliphatic carbocycles. The second-order valence-electron chi connectivity index (χ2n) is 5.37. The summed E-state index contributed by atoms with van der Waals surface area (Å²) < 4.78 is 56.5. The molecule has 126 valence electrons. The van der Waals surface area contributed by atoms with Gasteiger partial charge in [-0.1, -0.05) is 6.07 Å². The van der Waals surface area contributed by atoms with Crippen LogP contribution in [0.3, 0.4) is 0 Å². The average Bonchev–Trinajstić information content (AvgIpc) is 2.93. The molecule has 0 bridgehead atoms. The molecule has 1 amide bonds. The van der Waals surface area contributed by atoms with Crippen LogP contribution >= 0.6 is 0 Å². The first kappa shape index (κ1) is 17.2. The third-order valence-electron chi connectivity index (χ3n) is 3.85. The van der Waals surface area contributed by atoms with Crippen LogP contribution in [0.25, 0.3) is 0 Å². The minimum Gasteiger partial charge on any atom is -0.469 e. The Bertz CT molecular complexity index is 615. The van der Waals surface area contributed by atoms with E-state index in [2.05, 4.69) is 10.1 Å². The van der Waals surface area contributed by atoms with Gasteiger partial charge in [-0.05, 0) is 31.4 Å². The van der Waals surface area contributed by atoms with Crippen LogP contribution in [0.15, 0.2) is 18.2 Å². The molecule has 0 radical (unpaired) electrons. The number of methoxy groups -OCH3 is 1. The molecule has 2 atom stereocenters. The molecule has 8 heteroatoms. The Morgan fingerprint density at radius 1 is 1.26 bits per heavy atom. The summed E-state index contributed by atoms with van der Waals surface area (Å²) >= 11 is 0. The summed E-state index contributed by atoms with van der Waals surface area (Å²) in [6.45, 7) is 0. The van der Waals surface area contributed by atoms with E-state index in [1.807, 2.05) is 0 Å². The summed E-state index contributed by atoms with van der Waals surface area (Å²) in [5, 5.41) is 2.47. The van der Waals surface area contributed by atoms with Gasteiger partial charge >= 0.3 is 12.1 Å². The SMILES string of the molecule is COC(=O)[C@@H]1CC[C@H](NC(=O)c2cccc(C(F)(F)F)c2F)C1. The van der Waals surface area contributed by atoms with Crippen molar-refractivity contribution in [1.82, 2.24) is 5.32 Å². The topological polar surface area (TPSA) is 55.4 Å². The third-order valence-corrected chi connectivity index (χ3v) is 3.85. The van der Waals surface area contributed by atoms with Gasteiger partial charge in [0.25, 0.3) is 5.91 Å². The number of halogens is 4. The van der Waals surface area contributed by atoms with Gasteiger partial charge in [0.1, 0.15) is 5.82 Å². The highest BCUT2D eigenvalue weighted by Crippen LogP contribution is 2.32. The number of carbonyl (C=O) groups is 2. The molecule has 0 aliphatic heterocycles. The molecule has 0 aromatic heterocycles. The normalized spacial score (nSPS) is 21.1. The van der Waals surface area contributed by atoms with E-state index >= 15 is 0 Å². The Kier molecular flexibility index (Phi) is 4.91. The van der Waals surface area contributed by atoms with Crippen molar-refractivity contribution in [2.75, 3.05) is 7.11 Å². The summed E-state index contributed by atoms with van der Waals surface area (Å²) in [4.78, 5) is 23.4. The number of hydrogen-bond acceptors (Lipinski definition) is 3. The molecule has 0 heterocycles. The first-order valence-electron chi connectivity index (χ1n) is 6.98. The van der Waals surface area contributed by atoms with Gasteiger partial charge in [-0.3, -0.25) is 9.59 Å². The number of alkyl halides is 3. The molecular weight excluding hydrogens is 318 g/mol. The van der Waals surface area contributed by atoms with Crippen molar-refractivity contribution in [2.24, 2.45) is 5.92 Å². The van der Waals surface area contributed by atoms with Crippen LogP contribution in [0.4, 0.5) is 17.6 Å². The number of nitrogens with one attached hydrogen (secondary N) is 1. The monoisotopic (exact) mass is 333 g/mol. The van der Waals surface area contributed by atoms with Crippen molar-refractivity contribution in [3.63, 3.8) is 0 Å². The Labute approximate surface area is 129 Å². The van der Waals surface area contributed by atoms with Gasteiger partial charge in [-0.15, -0.1) is 0 Å². The molecule has 0 spiro atoms. The molecule has 2 rings (SSSR count). The molecule has 1 saturated carbocycles. The van der Waals surface area contributed by atoms with E-state index in [1.165, 1.54) is 7.11 Å². The first-order chi connectivity index (χ1) is 10.7. The Morgan fingerprint density at radius 2 is 1.96 bits per heavy atom. The Morgan fingerprint density at radius 3 is 2.57 bits per heavy atom. The van der Waals surface area contributed by atoms with Crippen LogP contribution in [0.5, 0.6) is 0 Å². The van der Waals surface area contributed by atoms with Crippen LogP contribution in [0.1, 0.15) is 35.2 Å². The molecule has 0 unspecified atom stereocenters. The van der Waals surface area contributed by atoms with Crippen LogP contribution in [0, 0.1) is 11.7 Å². The van der Waals surface area contributed by atoms with Gasteiger partial charge in [0, 0.05) is 6.04 Å². The lowest BCUT2D eigenvalue weighted by molar-refractivity contribution is -0.145. The highest BCUT2D eigenvalue weighted by Gasteiger charge is 2.36. The second-order valence-corrected chi connectivity index (χ2v) is 5.37. The van der Waals surface area contributed by atoms with Gasteiger partial charge in [-0.2, -0.15) is 13.2 Å². The van der Waals surface area contributed by atoms with Crippen molar-refractivity contribution >= 4 is 11.9 Å². The smallest absolute Gasteiger partial charge is 0.419 e. The quantitative estimate of drug-likeness (QED) is 0.683. The zero-order chi connectivity index (χ0) is 17.2. The summed E-state index contributed by atoms with van der Waals surface area (Å²) in [7, 11) is 1.26. The number of amides is 1. The summed E-state index contributed by atoms with van der Waals surface area (Å²) in [5.41, 5.74) is -2.15. The van der Waals surface area contributed by atoms with Crippen molar-refractivity contribution in [3.8, 4) is 0 Å². The number of rotatable bonds is 3. The fraction of sp³-hybridized carbons (Fsp3) is 0.467. The van der Waals surface area contributed by atoms with Gasteiger partial charge in [0.05, 0.1) is 24.2 Å². The molecule has 1 aliphatic rings. The van der Waals surface area contributed by atoms with Crippen LogP contribution in [-0.4, -0.2) is 25.0 Å². The molecule has 1 aromatic rings. The van der Waals surface area contributed by atoms with E-state index in [9.17, 15) is 27.2 Å². The Balaban J connectivity index is 2.09. The van der Waals surface area contributed by atoms with Crippen LogP contribution in [-0.2, 0) is 15.7 Å². The molecule has 1 fully saturated rings. The Hall–Kier alpha value is -2.12. The lowest BCUT2D eigenvalue weighted by atomic mass is 10.1. The van der Waals surface area contributed by atoms with Crippen molar-refractivity contribution in [2.45, 2.75) is 31.5 Å². The van der Waals surface area contributed by atoms with Gasteiger partial charge < -0.3 is 10.1 Å². The summed E-state index contributed by atoms with van der Waals surface area (Å²) in [6.07, 6.45) is -3.57. The summed E-state index contributed by atoms with van der Waals surface area (Å²) in [6, 6.07) is 2.15. The van der Waals surface area contributed by atoms with E-state index in [4.69, 9.17) is 0 Å². The first-order valence-corrected chi connectivity index (χ1v) is 6.98. The molecule has 1 N–H and O–H groups in total. The highest BCUT2D eigenvalue weighted by atomic mass is 19.4. The largest absolute Gasteiger partial charge is 0.469 e. The van der Waals surface area contributed by atoms with E-state index in [1.54, 1.807) is 0 Å². The average molecular weight is 333 g/mol. The van der Waals surface area contributed by atoms with E-state index < -0.39 is 41.0 Å². The lowest BCUT2D eigenvalue weighted by Crippen LogP contribution is -2.34. The highest BCUT2D eigenvalue weighted by molar-refractivity contribution is 5.95. The van der Waals surface area contributed by atoms with Gasteiger partial charge in [0.15, 0.2) is 0 Å². The zero-order valence-corrected chi connectivity index (χ0v) is 12.2. The van der Waals surface area contributed by atoms with E-state index in [-0.39, 0.29) is 5.92 Å². The maximum Gasteiger partial charge on any atom is 0.419 e. The van der Waals surface area contributed by atoms with Gasteiger partial charge in [-0.25, -0.2) is 4.39 Å². The molecule has 23 heavy (non-hydrogen) atoms. The standard InChI is InChI=1S/C15H15F4NO3/c1-23-14(22)8-5-6-9(7-8)20-13(21)10-3-2-4-11(12(10)16)15(17,18)19/h2-4,8-9H,5-7H2,1H3,(H,20,21)/t8-,9+/m1/s1. The lowest BCUT2D eigenvalue weighted by Gasteiger charge is -2.15. The number of carbonyl (C=O) groups excluding carboxylic acids is 2. The zero-order valence-electron chi connectivity index (χ0n) is 12.2. The predicted molar refractivity (Wildman–Crippen MR) is 72.0 cm³/mol. The van der Waals surface area contributed by atoms with Crippen LogP contribution < -0.4 is 5.32 Å². The predicted octanol–water partition coefficient (Wildman–Crippen LogP) is 2.92. The summed E-state index contributed by atoms with van der Waals surface area (Å²) in [5.74, 6) is -3.28. The maximum atomic E-state index is 13.9. The van der Waals surface area contributed by atoms with Crippen LogP contribution in [0.2, 0.25) is 0 Å². The fourth-order valence-corrected chi connectivity index (χ4v) is 2.68. The van der Waals surface area contributed by atoms with Crippen molar-refractivity contribution in [3.05, 3.63) is 35.1 Å². The van der Waals surface area contributed by atoms with Crippen molar-refractivity contribution in [1.29, 1.82) is 0 Å². The number of esters is 1. The minimum absolute atomic E-state index is 0.318. The van der Waals surface area contributed by atoms with Crippen molar-refractivity contribution < 1.29 is 31.9 Å². The second kappa shape index (κ2) is 6.55. The maximum absolute atomic E-state index is 13.9. The molecular formula is C15H15F4NO3. The van der Waals surface area contributed by atoms with E-state index in [0.717, 1.165) is 12.1 Å². The number of hydrogen-bond donors (Lipinski definition) is 1. The molecule has 0 saturated heterocycles. The fourth-order valence-electron chi connectivity index (χ4n) is 2.68. The molecule has 1 aromatic carbocycles. The number of benzene rings is 1.